The molecule has 166 valence electrons. The van der Waals surface area contributed by atoms with Crippen LogP contribution in [-0.4, -0.2) is 68.3 Å². The first-order chi connectivity index (χ1) is 14.1. The van der Waals surface area contributed by atoms with Gasteiger partial charge in [-0.3, -0.25) is 9.59 Å². The van der Waals surface area contributed by atoms with Crippen LogP contribution in [0.1, 0.15) is 44.0 Å². The Hall–Kier alpha value is -2.42. The van der Waals surface area contributed by atoms with Gasteiger partial charge < -0.3 is 14.4 Å². The molecule has 1 aromatic carbocycles. The molecule has 1 aliphatic heterocycles. The molecule has 1 saturated heterocycles. The second-order valence-electron chi connectivity index (χ2n) is 7.75. The van der Waals surface area contributed by atoms with E-state index in [9.17, 15) is 22.8 Å². The van der Waals surface area contributed by atoms with E-state index in [1.807, 2.05) is 13.8 Å². The third-order valence-corrected chi connectivity index (χ3v) is 6.49. The van der Waals surface area contributed by atoms with Gasteiger partial charge in [-0.2, -0.15) is 0 Å². The first-order valence-electron chi connectivity index (χ1n) is 10.0. The van der Waals surface area contributed by atoms with Gasteiger partial charge in [-0.1, -0.05) is 20.8 Å². The molecule has 0 aromatic heterocycles. The van der Waals surface area contributed by atoms with Crippen LogP contribution in [0.4, 0.5) is 0 Å². The molecule has 1 unspecified atom stereocenters. The van der Waals surface area contributed by atoms with Crippen LogP contribution in [0.25, 0.3) is 0 Å². The van der Waals surface area contributed by atoms with Crippen LogP contribution in [0.15, 0.2) is 24.3 Å². The molecule has 0 bridgehead atoms. The molecule has 0 radical (unpaired) electrons. The van der Waals surface area contributed by atoms with Crippen LogP contribution in [0, 0.1) is 5.92 Å². The summed E-state index contributed by atoms with van der Waals surface area (Å²) in [5.41, 5.74) is 0.567. The van der Waals surface area contributed by atoms with Crippen molar-refractivity contribution in [2.75, 3.05) is 31.3 Å². The van der Waals surface area contributed by atoms with Crippen LogP contribution in [0.2, 0.25) is 0 Å². The van der Waals surface area contributed by atoms with Gasteiger partial charge in [0.1, 0.15) is 5.75 Å². The molecule has 2 rings (SSSR count). The summed E-state index contributed by atoms with van der Waals surface area (Å²) in [6.07, 6.45) is 0.801. The number of benzene rings is 1. The van der Waals surface area contributed by atoms with E-state index in [-0.39, 0.29) is 35.9 Å². The van der Waals surface area contributed by atoms with Crippen molar-refractivity contribution in [2.24, 2.45) is 5.92 Å². The third-order valence-electron chi connectivity index (χ3n) is 4.74. The number of amides is 1. The molecule has 1 amide bonds. The van der Waals surface area contributed by atoms with E-state index in [0.29, 0.717) is 30.7 Å². The third kappa shape index (κ3) is 7.12. The predicted octanol–water partition coefficient (Wildman–Crippen LogP) is 1.87. The zero-order valence-corrected chi connectivity index (χ0v) is 18.4. The van der Waals surface area contributed by atoms with E-state index >= 15 is 0 Å². The van der Waals surface area contributed by atoms with Crippen molar-refractivity contribution in [1.29, 1.82) is 0 Å². The zero-order chi connectivity index (χ0) is 22.3. The van der Waals surface area contributed by atoms with Gasteiger partial charge in [0.2, 0.25) is 0 Å². The minimum atomic E-state index is -3.13. The molecular weight excluding hydrogens is 410 g/mol. The first kappa shape index (κ1) is 23.9. The average molecular weight is 440 g/mol. The fraction of sp³-hybridized carbons (Fsp3) is 0.571. The van der Waals surface area contributed by atoms with Crippen LogP contribution >= 0.6 is 0 Å². The number of rotatable bonds is 10. The second kappa shape index (κ2) is 10.6. The monoisotopic (exact) mass is 439 g/mol. The maximum absolute atomic E-state index is 12.6. The topological polar surface area (TPSA) is 107 Å². The number of esters is 1. The van der Waals surface area contributed by atoms with Gasteiger partial charge in [0, 0.05) is 24.6 Å². The summed E-state index contributed by atoms with van der Waals surface area (Å²) < 4.78 is 33.9. The highest BCUT2D eigenvalue weighted by atomic mass is 32.2. The number of Topliss-reactive ketones (excluding diaryl/α,β-unsaturated/α-hetero) is 1. The van der Waals surface area contributed by atoms with Gasteiger partial charge in [0.25, 0.3) is 5.91 Å². The SMILES string of the molecule is CCC(=O)c1ccc(OCC(=O)OCC(=O)N(CC(C)C)C2CCS(=O)(=O)C2)cc1. The highest BCUT2D eigenvalue weighted by Gasteiger charge is 2.35. The quantitative estimate of drug-likeness (QED) is 0.405. The van der Waals surface area contributed by atoms with Gasteiger partial charge in [-0.15, -0.1) is 0 Å². The first-order valence-corrected chi connectivity index (χ1v) is 11.8. The van der Waals surface area contributed by atoms with E-state index in [2.05, 4.69) is 0 Å². The second-order valence-corrected chi connectivity index (χ2v) is 9.98. The van der Waals surface area contributed by atoms with Crippen molar-refractivity contribution in [1.82, 2.24) is 4.90 Å². The fourth-order valence-corrected chi connectivity index (χ4v) is 4.95. The summed E-state index contributed by atoms with van der Waals surface area (Å²) in [6.45, 7) is 5.20. The Labute approximate surface area is 177 Å². The number of carbonyl (C=O) groups excluding carboxylic acids is 3. The normalized spacial score (nSPS) is 17.5. The Balaban J connectivity index is 1.84. The minimum Gasteiger partial charge on any atom is -0.482 e. The number of sulfone groups is 1. The van der Waals surface area contributed by atoms with Crippen LogP contribution in [0.5, 0.6) is 5.75 Å². The van der Waals surface area contributed by atoms with Crippen LogP contribution < -0.4 is 4.74 Å². The Bertz CT molecular complexity index is 862. The lowest BCUT2D eigenvalue weighted by molar-refractivity contribution is -0.154. The van der Waals surface area contributed by atoms with Gasteiger partial charge in [-0.25, -0.2) is 13.2 Å². The predicted molar refractivity (Wildman–Crippen MR) is 111 cm³/mol. The minimum absolute atomic E-state index is 0.0143. The summed E-state index contributed by atoms with van der Waals surface area (Å²) in [5, 5.41) is 0. The molecule has 0 aliphatic carbocycles. The molecule has 8 nitrogen and oxygen atoms in total. The molecule has 1 heterocycles. The number of hydrogen-bond acceptors (Lipinski definition) is 7. The van der Waals surface area contributed by atoms with E-state index in [4.69, 9.17) is 9.47 Å². The molecule has 0 saturated carbocycles. The molecule has 1 aliphatic rings. The fourth-order valence-electron chi connectivity index (χ4n) is 3.22. The summed E-state index contributed by atoms with van der Waals surface area (Å²) in [6, 6.07) is 6.04. The lowest BCUT2D eigenvalue weighted by Gasteiger charge is -2.29. The number of ketones is 1. The Kier molecular flexibility index (Phi) is 8.40. The zero-order valence-electron chi connectivity index (χ0n) is 17.6. The smallest absolute Gasteiger partial charge is 0.344 e. The molecule has 1 fully saturated rings. The molecule has 0 spiro atoms. The van der Waals surface area contributed by atoms with Crippen molar-refractivity contribution in [3.63, 3.8) is 0 Å². The van der Waals surface area contributed by atoms with E-state index in [1.165, 1.54) is 4.90 Å². The number of nitrogens with zero attached hydrogens (tertiary/aromatic N) is 1. The van der Waals surface area contributed by atoms with Crippen molar-refractivity contribution >= 4 is 27.5 Å². The molecule has 0 N–H and O–H groups in total. The van der Waals surface area contributed by atoms with E-state index < -0.39 is 28.3 Å². The van der Waals surface area contributed by atoms with E-state index in [0.717, 1.165) is 0 Å². The standard InChI is InChI=1S/C21H29NO7S/c1-4-19(23)16-5-7-18(8-6-16)28-13-21(25)29-12-20(24)22(11-15(2)3)17-9-10-30(26,27)14-17/h5-8,15,17H,4,9-14H2,1-3H3. The number of ether oxygens (including phenoxy) is 2. The largest absolute Gasteiger partial charge is 0.482 e. The van der Waals surface area contributed by atoms with Crippen molar-refractivity contribution in [3.8, 4) is 5.75 Å². The lowest BCUT2D eigenvalue weighted by atomic mass is 10.1. The molecule has 30 heavy (non-hydrogen) atoms. The van der Waals surface area contributed by atoms with Crippen LogP contribution in [0.3, 0.4) is 0 Å². The van der Waals surface area contributed by atoms with Crippen LogP contribution in [-0.2, 0) is 24.2 Å². The molecule has 1 aromatic rings. The van der Waals surface area contributed by atoms with Gasteiger partial charge >= 0.3 is 5.97 Å². The molecular formula is C21H29NO7S. The summed E-state index contributed by atoms with van der Waals surface area (Å²) in [7, 11) is -3.13. The summed E-state index contributed by atoms with van der Waals surface area (Å²) in [5.74, 6) is -0.542. The maximum Gasteiger partial charge on any atom is 0.344 e. The maximum atomic E-state index is 12.6. The lowest BCUT2D eigenvalue weighted by Crippen LogP contribution is -2.45. The average Bonchev–Trinajstić information content (AvgIpc) is 3.07. The highest BCUT2D eigenvalue weighted by molar-refractivity contribution is 7.91. The van der Waals surface area contributed by atoms with Crippen molar-refractivity contribution < 1.29 is 32.3 Å². The number of hydrogen-bond donors (Lipinski definition) is 0. The Morgan fingerprint density at radius 3 is 2.33 bits per heavy atom. The summed E-state index contributed by atoms with van der Waals surface area (Å²) >= 11 is 0. The van der Waals surface area contributed by atoms with Gasteiger partial charge in [0.05, 0.1) is 11.5 Å². The Morgan fingerprint density at radius 1 is 1.13 bits per heavy atom. The van der Waals surface area contributed by atoms with Crippen molar-refractivity contribution in [3.05, 3.63) is 29.8 Å². The molecule has 1 atom stereocenters. The summed E-state index contributed by atoms with van der Waals surface area (Å²) in [4.78, 5) is 37.6. The molecule has 9 heteroatoms. The van der Waals surface area contributed by atoms with E-state index in [1.54, 1.807) is 31.2 Å². The Morgan fingerprint density at radius 2 is 1.80 bits per heavy atom. The number of carbonyl (C=O) groups is 3. The van der Waals surface area contributed by atoms with Crippen molar-refractivity contribution in [2.45, 2.75) is 39.7 Å². The highest BCUT2D eigenvalue weighted by Crippen LogP contribution is 2.19. The van der Waals surface area contributed by atoms with Gasteiger partial charge in [0.15, 0.2) is 28.8 Å². The van der Waals surface area contributed by atoms with Gasteiger partial charge in [-0.05, 0) is 36.6 Å².